The van der Waals surface area contributed by atoms with Crippen LogP contribution in [-0.2, 0) is 4.79 Å². The summed E-state index contributed by atoms with van der Waals surface area (Å²) in [7, 11) is 0. The van der Waals surface area contributed by atoms with Crippen molar-refractivity contribution in [2.75, 3.05) is 50.8 Å². The largest absolute Gasteiger partial charge is 0.484 e. The predicted octanol–water partition coefficient (Wildman–Crippen LogP) is 3.19. The van der Waals surface area contributed by atoms with Crippen molar-refractivity contribution in [1.29, 1.82) is 0 Å². The lowest BCUT2D eigenvalue weighted by atomic mass is 10.2. The van der Waals surface area contributed by atoms with Gasteiger partial charge in [0.15, 0.2) is 6.61 Å². The predicted molar refractivity (Wildman–Crippen MR) is 110 cm³/mol. The van der Waals surface area contributed by atoms with Crippen LogP contribution >= 0.6 is 11.6 Å². The van der Waals surface area contributed by atoms with E-state index in [4.69, 9.17) is 16.3 Å². The van der Waals surface area contributed by atoms with E-state index in [1.165, 1.54) is 30.0 Å². The Morgan fingerprint density at radius 1 is 1.04 bits per heavy atom. The topological polar surface area (TPSA) is 44.8 Å². The molecular weight excluding hydrogens is 381 g/mol. The summed E-state index contributed by atoms with van der Waals surface area (Å²) in [5.41, 5.74) is 1.21. The van der Waals surface area contributed by atoms with Crippen LogP contribution in [0.1, 0.15) is 6.42 Å². The third kappa shape index (κ3) is 6.39. The van der Waals surface area contributed by atoms with Crippen LogP contribution in [0, 0.1) is 5.82 Å². The molecule has 0 spiro atoms. The minimum absolute atomic E-state index is 0.0641. The van der Waals surface area contributed by atoms with Crippen LogP contribution in [0.2, 0.25) is 5.02 Å². The maximum atomic E-state index is 12.8. The van der Waals surface area contributed by atoms with Gasteiger partial charge in [-0.1, -0.05) is 11.6 Å². The fraction of sp³-hybridized carbons (Fsp3) is 0.381. The Hall–Kier alpha value is -2.31. The molecule has 1 heterocycles. The molecule has 1 fully saturated rings. The minimum Gasteiger partial charge on any atom is -0.484 e. The minimum atomic E-state index is -0.328. The number of hydrogen-bond donors (Lipinski definition) is 1. The highest BCUT2D eigenvalue weighted by Crippen LogP contribution is 2.19. The average Bonchev–Trinajstić information content (AvgIpc) is 2.72. The monoisotopic (exact) mass is 405 g/mol. The third-order valence-electron chi connectivity index (χ3n) is 4.72. The molecule has 0 aliphatic carbocycles. The molecule has 1 aliphatic heterocycles. The molecule has 0 aromatic heterocycles. The lowest BCUT2D eigenvalue weighted by Crippen LogP contribution is -2.47. The van der Waals surface area contributed by atoms with Crippen LogP contribution in [-0.4, -0.2) is 56.7 Å². The summed E-state index contributed by atoms with van der Waals surface area (Å²) in [6, 6.07) is 13.6. The number of hydrogen-bond acceptors (Lipinski definition) is 4. The molecule has 1 amide bonds. The highest BCUT2D eigenvalue weighted by atomic mass is 35.5. The van der Waals surface area contributed by atoms with Crippen LogP contribution in [0.25, 0.3) is 0 Å². The normalized spacial score (nSPS) is 14.7. The molecule has 1 aliphatic rings. The smallest absolute Gasteiger partial charge is 0.257 e. The van der Waals surface area contributed by atoms with Gasteiger partial charge in [-0.25, -0.2) is 4.39 Å². The van der Waals surface area contributed by atoms with Crippen molar-refractivity contribution in [3.8, 4) is 5.75 Å². The van der Waals surface area contributed by atoms with Crippen molar-refractivity contribution in [1.82, 2.24) is 10.2 Å². The molecule has 1 N–H and O–H groups in total. The van der Waals surface area contributed by atoms with E-state index in [1.807, 2.05) is 12.1 Å². The summed E-state index contributed by atoms with van der Waals surface area (Å²) in [5.74, 6) is -0.0159. The van der Waals surface area contributed by atoms with E-state index in [2.05, 4.69) is 27.2 Å². The van der Waals surface area contributed by atoms with Crippen molar-refractivity contribution in [3.63, 3.8) is 0 Å². The second-order valence-corrected chi connectivity index (χ2v) is 7.19. The molecule has 5 nitrogen and oxygen atoms in total. The van der Waals surface area contributed by atoms with E-state index < -0.39 is 0 Å². The SMILES string of the molecule is O=C(COc1ccc(F)cc1)NCCCN1CCN(c2ccc(Cl)cc2)CC1. The standard InChI is InChI=1S/C21H25ClFN3O2/c22-17-2-6-19(7-3-17)26-14-12-25(13-15-26)11-1-10-24-21(27)16-28-20-8-4-18(23)5-9-20/h2-9H,1,10-16H2,(H,24,27). The first-order valence-electron chi connectivity index (χ1n) is 9.48. The van der Waals surface area contributed by atoms with Gasteiger partial charge in [0.25, 0.3) is 5.91 Å². The van der Waals surface area contributed by atoms with Crippen molar-refractivity contribution < 1.29 is 13.9 Å². The quantitative estimate of drug-likeness (QED) is 0.685. The maximum absolute atomic E-state index is 12.8. The van der Waals surface area contributed by atoms with Crippen molar-refractivity contribution in [2.45, 2.75) is 6.42 Å². The van der Waals surface area contributed by atoms with Gasteiger partial charge in [0.1, 0.15) is 11.6 Å². The lowest BCUT2D eigenvalue weighted by Gasteiger charge is -2.36. The molecule has 3 rings (SSSR count). The number of ether oxygens (including phenoxy) is 1. The Morgan fingerprint density at radius 2 is 1.71 bits per heavy atom. The number of rotatable bonds is 8. The van der Waals surface area contributed by atoms with Gasteiger partial charge >= 0.3 is 0 Å². The van der Waals surface area contributed by atoms with Crippen molar-refractivity contribution >= 4 is 23.2 Å². The first-order valence-corrected chi connectivity index (χ1v) is 9.86. The maximum Gasteiger partial charge on any atom is 0.257 e. The second kappa shape index (κ2) is 10.3. The van der Waals surface area contributed by atoms with Gasteiger partial charge in [-0.15, -0.1) is 0 Å². The van der Waals surface area contributed by atoms with E-state index in [0.717, 1.165) is 44.2 Å². The van der Waals surface area contributed by atoms with E-state index in [9.17, 15) is 9.18 Å². The molecule has 7 heteroatoms. The Morgan fingerprint density at radius 3 is 2.39 bits per heavy atom. The Bertz CT molecular complexity index is 747. The molecule has 1 saturated heterocycles. The van der Waals surface area contributed by atoms with Gasteiger partial charge in [0.05, 0.1) is 0 Å². The summed E-state index contributed by atoms with van der Waals surface area (Å²) < 4.78 is 18.1. The summed E-state index contributed by atoms with van der Waals surface area (Å²) in [6.45, 7) is 5.48. The highest BCUT2D eigenvalue weighted by Gasteiger charge is 2.16. The van der Waals surface area contributed by atoms with Crippen LogP contribution < -0.4 is 15.0 Å². The van der Waals surface area contributed by atoms with E-state index in [0.29, 0.717) is 12.3 Å². The lowest BCUT2D eigenvalue weighted by molar-refractivity contribution is -0.123. The number of piperazine rings is 1. The molecule has 0 atom stereocenters. The van der Waals surface area contributed by atoms with Gasteiger partial charge in [-0.2, -0.15) is 0 Å². The Balaban J connectivity index is 1.27. The number of halogens is 2. The molecule has 0 radical (unpaired) electrons. The first-order chi connectivity index (χ1) is 13.6. The molecule has 0 bridgehead atoms. The number of nitrogens with one attached hydrogen (secondary N) is 1. The molecule has 28 heavy (non-hydrogen) atoms. The molecule has 0 unspecified atom stereocenters. The summed E-state index contributed by atoms with van der Waals surface area (Å²) >= 11 is 5.95. The fourth-order valence-corrected chi connectivity index (χ4v) is 3.27. The second-order valence-electron chi connectivity index (χ2n) is 6.75. The fourth-order valence-electron chi connectivity index (χ4n) is 3.14. The van der Waals surface area contributed by atoms with Crippen LogP contribution in [0.4, 0.5) is 10.1 Å². The Labute approximate surface area is 170 Å². The van der Waals surface area contributed by atoms with Gasteiger partial charge in [0, 0.05) is 43.4 Å². The van der Waals surface area contributed by atoms with Crippen molar-refractivity contribution in [2.24, 2.45) is 0 Å². The van der Waals surface area contributed by atoms with E-state index in [-0.39, 0.29) is 18.3 Å². The van der Waals surface area contributed by atoms with Gasteiger partial charge in [-0.3, -0.25) is 9.69 Å². The highest BCUT2D eigenvalue weighted by molar-refractivity contribution is 6.30. The van der Waals surface area contributed by atoms with Crippen LogP contribution in [0.3, 0.4) is 0 Å². The van der Waals surface area contributed by atoms with Crippen LogP contribution in [0.5, 0.6) is 5.75 Å². The number of nitrogens with zero attached hydrogens (tertiary/aromatic N) is 2. The third-order valence-corrected chi connectivity index (χ3v) is 4.97. The molecule has 150 valence electrons. The Kier molecular flexibility index (Phi) is 7.51. The number of benzene rings is 2. The average molecular weight is 406 g/mol. The van der Waals surface area contributed by atoms with Gasteiger partial charge < -0.3 is 15.0 Å². The zero-order valence-corrected chi connectivity index (χ0v) is 16.5. The first kappa shape index (κ1) is 20.4. The number of anilines is 1. The number of carbonyl (C=O) groups is 1. The number of carbonyl (C=O) groups excluding carboxylic acids is 1. The molecule has 0 saturated carbocycles. The summed E-state index contributed by atoms with van der Waals surface area (Å²) in [4.78, 5) is 16.6. The van der Waals surface area contributed by atoms with Crippen molar-refractivity contribution in [3.05, 3.63) is 59.4 Å². The van der Waals surface area contributed by atoms with Gasteiger partial charge in [0.2, 0.25) is 0 Å². The zero-order chi connectivity index (χ0) is 19.8. The molecule has 2 aromatic rings. The molecule has 2 aromatic carbocycles. The zero-order valence-electron chi connectivity index (χ0n) is 15.7. The summed E-state index contributed by atoms with van der Waals surface area (Å²) in [6.07, 6.45) is 0.892. The summed E-state index contributed by atoms with van der Waals surface area (Å²) in [5, 5.41) is 3.61. The van der Waals surface area contributed by atoms with E-state index in [1.54, 1.807) is 0 Å². The molecular formula is C21H25ClFN3O2. The van der Waals surface area contributed by atoms with Crippen LogP contribution in [0.15, 0.2) is 48.5 Å². The number of amides is 1. The van der Waals surface area contributed by atoms with Gasteiger partial charge in [-0.05, 0) is 61.5 Å². The van der Waals surface area contributed by atoms with E-state index >= 15 is 0 Å².